The van der Waals surface area contributed by atoms with Crippen LogP contribution in [0.15, 0.2) is 11.6 Å². The van der Waals surface area contributed by atoms with Crippen LogP contribution < -0.4 is 0 Å². The van der Waals surface area contributed by atoms with E-state index >= 15 is 0 Å². The summed E-state index contributed by atoms with van der Waals surface area (Å²) >= 11 is 0. The van der Waals surface area contributed by atoms with Crippen molar-refractivity contribution >= 4 is 11.9 Å². The van der Waals surface area contributed by atoms with Crippen molar-refractivity contribution in [2.75, 3.05) is 0 Å². The lowest BCUT2D eigenvalue weighted by atomic mass is 9.36. The van der Waals surface area contributed by atoms with Gasteiger partial charge in [-0.25, -0.2) is 4.79 Å². The normalized spacial score (nSPS) is 46.5. The molecule has 0 amide bonds. The molecule has 0 radical (unpaired) electrons. The van der Waals surface area contributed by atoms with Crippen molar-refractivity contribution in [1.29, 1.82) is 0 Å². The van der Waals surface area contributed by atoms with Gasteiger partial charge < -0.3 is 9.84 Å². The molecule has 4 nitrogen and oxygen atoms in total. The number of aliphatic carboxylic acids is 1. The van der Waals surface area contributed by atoms with Crippen LogP contribution in [0, 0.1) is 39.4 Å². The van der Waals surface area contributed by atoms with Gasteiger partial charge in [-0.15, -0.1) is 0 Å². The van der Waals surface area contributed by atoms with Crippen LogP contribution >= 0.6 is 0 Å². The van der Waals surface area contributed by atoms with Gasteiger partial charge in [0.2, 0.25) is 0 Å². The molecule has 0 saturated heterocycles. The van der Waals surface area contributed by atoms with Gasteiger partial charge in [0.25, 0.3) is 0 Å². The second-order valence-electron chi connectivity index (χ2n) is 12.8. The summed E-state index contributed by atoms with van der Waals surface area (Å²) in [6.45, 7) is 14.0. The van der Waals surface area contributed by atoms with Gasteiger partial charge in [-0.2, -0.15) is 0 Å². The van der Waals surface area contributed by atoms with Crippen molar-refractivity contribution in [3.63, 3.8) is 0 Å². The van der Waals surface area contributed by atoms with Crippen LogP contribution in [0.4, 0.5) is 0 Å². The molecule has 0 aliphatic heterocycles. The van der Waals surface area contributed by atoms with Gasteiger partial charge >= 0.3 is 11.9 Å². The Labute approximate surface area is 200 Å². The van der Waals surface area contributed by atoms with E-state index in [1.54, 1.807) is 0 Å². The first kappa shape index (κ1) is 24.8. The average molecular weight is 459 g/mol. The maximum atomic E-state index is 12.8. The number of esters is 1. The zero-order valence-electron chi connectivity index (χ0n) is 21.8. The summed E-state index contributed by atoms with van der Waals surface area (Å²) in [7, 11) is 0. The van der Waals surface area contributed by atoms with Gasteiger partial charge in [0.15, 0.2) is 0 Å². The van der Waals surface area contributed by atoms with E-state index in [4.69, 9.17) is 4.74 Å². The molecule has 3 saturated carbocycles. The van der Waals surface area contributed by atoms with E-state index in [2.05, 4.69) is 41.5 Å². The molecule has 0 heterocycles. The van der Waals surface area contributed by atoms with Gasteiger partial charge in [0.05, 0.1) is 0 Å². The molecule has 186 valence electrons. The standard InChI is InChI=1S/C29H46O4/c1-7-9-11-24(30)33-23-18-22-27(4)16-10-15-26(3,8-2)20(27)14-17-28(22,5)21-13-12-19(25(31)32)29(21,23)6/h12,20-23H,7-11,13-18H2,1-6H3,(H,31,32)/t20-,21-,22+,23-,26-,27-,28-,29+/m0/s1. The van der Waals surface area contributed by atoms with E-state index < -0.39 is 11.4 Å². The number of carboxylic acid groups (broad SMARTS) is 1. The van der Waals surface area contributed by atoms with Crippen LogP contribution in [-0.2, 0) is 14.3 Å². The number of fused-ring (bicyclic) bond motifs is 5. The third-order valence-corrected chi connectivity index (χ3v) is 11.5. The minimum Gasteiger partial charge on any atom is -0.478 e. The topological polar surface area (TPSA) is 63.6 Å². The number of allylic oxidation sites excluding steroid dienone is 1. The molecule has 0 unspecified atom stereocenters. The molecule has 0 spiro atoms. The first-order valence-electron chi connectivity index (χ1n) is 13.6. The number of unbranched alkanes of at least 4 members (excludes halogenated alkanes) is 1. The number of hydrogen-bond acceptors (Lipinski definition) is 3. The Morgan fingerprint density at radius 1 is 1.03 bits per heavy atom. The molecule has 4 rings (SSSR count). The lowest BCUT2D eigenvalue weighted by Crippen LogP contribution is -2.64. The van der Waals surface area contributed by atoms with Crippen LogP contribution in [-0.4, -0.2) is 23.1 Å². The molecular weight excluding hydrogens is 412 g/mol. The molecular formula is C29H46O4. The number of hydrogen-bond donors (Lipinski definition) is 1. The molecule has 0 aromatic heterocycles. The number of ether oxygens (including phenoxy) is 1. The van der Waals surface area contributed by atoms with Crippen molar-refractivity contribution in [2.24, 2.45) is 39.4 Å². The van der Waals surface area contributed by atoms with Gasteiger partial charge in [-0.1, -0.05) is 66.9 Å². The first-order valence-corrected chi connectivity index (χ1v) is 13.6. The molecule has 0 aromatic rings. The van der Waals surface area contributed by atoms with E-state index in [9.17, 15) is 14.7 Å². The second-order valence-corrected chi connectivity index (χ2v) is 12.8. The molecule has 0 aromatic carbocycles. The maximum absolute atomic E-state index is 12.8. The highest BCUT2D eigenvalue weighted by molar-refractivity contribution is 5.89. The molecule has 33 heavy (non-hydrogen) atoms. The predicted octanol–water partition coefficient (Wildman–Crippen LogP) is 7.17. The highest BCUT2D eigenvalue weighted by atomic mass is 16.5. The SMILES string of the molecule is CCCCC(=O)O[C@H]1C[C@@H]2[C@@]3(C)CCC[C@](C)(CC)[C@@H]3CC[C@@]2(C)[C@@H]2CC=C(C(=O)O)[C@@]12C. The Balaban J connectivity index is 1.75. The molecule has 4 aliphatic carbocycles. The van der Waals surface area contributed by atoms with Crippen LogP contribution in [0.5, 0.6) is 0 Å². The highest BCUT2D eigenvalue weighted by Gasteiger charge is 2.69. The lowest BCUT2D eigenvalue weighted by molar-refractivity contribution is -0.222. The van der Waals surface area contributed by atoms with Crippen LogP contribution in [0.3, 0.4) is 0 Å². The fourth-order valence-corrected chi connectivity index (χ4v) is 9.60. The second kappa shape index (κ2) is 8.41. The zero-order valence-corrected chi connectivity index (χ0v) is 21.8. The van der Waals surface area contributed by atoms with Crippen molar-refractivity contribution in [1.82, 2.24) is 0 Å². The fraction of sp³-hybridized carbons (Fsp3) is 0.862. The van der Waals surface area contributed by atoms with Crippen molar-refractivity contribution in [3.05, 3.63) is 11.6 Å². The van der Waals surface area contributed by atoms with E-state index in [1.165, 1.54) is 32.1 Å². The van der Waals surface area contributed by atoms with Crippen molar-refractivity contribution < 1.29 is 19.4 Å². The molecule has 4 aliphatic rings. The molecule has 4 heteroatoms. The fourth-order valence-electron chi connectivity index (χ4n) is 9.60. The Kier molecular flexibility index (Phi) is 6.32. The van der Waals surface area contributed by atoms with E-state index in [1.807, 2.05) is 6.08 Å². The van der Waals surface area contributed by atoms with Gasteiger partial charge in [-0.05, 0) is 78.9 Å². The molecule has 1 N–H and O–H groups in total. The third-order valence-electron chi connectivity index (χ3n) is 11.5. The van der Waals surface area contributed by atoms with E-state index in [-0.39, 0.29) is 28.8 Å². The smallest absolute Gasteiger partial charge is 0.331 e. The van der Waals surface area contributed by atoms with E-state index in [0.29, 0.717) is 29.2 Å². The molecule has 3 fully saturated rings. The Bertz CT molecular complexity index is 831. The summed E-state index contributed by atoms with van der Waals surface area (Å²) in [5.74, 6) is 0.371. The minimum absolute atomic E-state index is 0.0754. The Morgan fingerprint density at radius 3 is 2.36 bits per heavy atom. The first-order chi connectivity index (χ1) is 15.5. The Morgan fingerprint density at radius 2 is 1.73 bits per heavy atom. The summed E-state index contributed by atoms with van der Waals surface area (Å²) in [5, 5.41) is 10.1. The number of carbonyl (C=O) groups is 2. The predicted molar refractivity (Wildman–Crippen MR) is 131 cm³/mol. The molecule has 0 bridgehead atoms. The van der Waals surface area contributed by atoms with Crippen molar-refractivity contribution in [3.8, 4) is 0 Å². The van der Waals surface area contributed by atoms with Crippen molar-refractivity contribution in [2.45, 2.75) is 118 Å². The third kappa shape index (κ3) is 3.52. The zero-order chi connectivity index (χ0) is 24.2. The largest absolute Gasteiger partial charge is 0.478 e. The highest BCUT2D eigenvalue weighted by Crippen LogP contribution is 2.73. The summed E-state index contributed by atoms with van der Waals surface area (Å²) in [6.07, 6.45) is 12.9. The summed E-state index contributed by atoms with van der Waals surface area (Å²) in [6, 6.07) is 0. The minimum atomic E-state index is -0.840. The number of rotatable bonds is 6. The molecule has 8 atom stereocenters. The van der Waals surface area contributed by atoms with Gasteiger partial charge in [0, 0.05) is 17.4 Å². The van der Waals surface area contributed by atoms with E-state index in [0.717, 1.165) is 32.1 Å². The Hall–Kier alpha value is -1.32. The maximum Gasteiger partial charge on any atom is 0.331 e. The number of carbonyl (C=O) groups excluding carboxylic acids is 1. The monoisotopic (exact) mass is 458 g/mol. The summed E-state index contributed by atoms with van der Waals surface area (Å²) in [5.41, 5.74) is 0.548. The summed E-state index contributed by atoms with van der Waals surface area (Å²) < 4.78 is 6.24. The lowest BCUT2D eigenvalue weighted by Gasteiger charge is -2.69. The van der Waals surface area contributed by atoms with Gasteiger partial charge in [-0.3, -0.25) is 4.79 Å². The number of carboxylic acids is 1. The summed E-state index contributed by atoms with van der Waals surface area (Å²) in [4.78, 5) is 25.2. The van der Waals surface area contributed by atoms with Crippen LogP contribution in [0.1, 0.15) is 112 Å². The quantitative estimate of drug-likeness (QED) is 0.429. The van der Waals surface area contributed by atoms with Crippen LogP contribution in [0.2, 0.25) is 0 Å². The van der Waals surface area contributed by atoms with Gasteiger partial charge in [0.1, 0.15) is 6.10 Å². The average Bonchev–Trinajstić information content (AvgIpc) is 3.13. The van der Waals surface area contributed by atoms with Crippen LogP contribution in [0.25, 0.3) is 0 Å².